The highest BCUT2D eigenvalue weighted by Gasteiger charge is 2.30. The van der Waals surface area contributed by atoms with E-state index >= 15 is 0 Å². The van der Waals surface area contributed by atoms with Crippen molar-refractivity contribution in [3.63, 3.8) is 0 Å². The number of carbonyl (C=O) groups excluding carboxylic acids is 1. The molecule has 4 rings (SSSR count). The first-order valence-corrected chi connectivity index (χ1v) is 12.1. The van der Waals surface area contributed by atoms with Crippen LogP contribution in [0.15, 0.2) is 47.4 Å². The topological polar surface area (TPSA) is 94.2 Å². The van der Waals surface area contributed by atoms with Gasteiger partial charge in [0.1, 0.15) is 23.9 Å². The first kappa shape index (κ1) is 22.2. The molecule has 0 aliphatic carbocycles. The second-order valence-electron chi connectivity index (χ2n) is 7.43. The molecule has 1 amide bonds. The zero-order valence-corrected chi connectivity index (χ0v) is 18.7. The fraction of sp³-hybridized carbons (Fsp3) is 0.348. The van der Waals surface area contributed by atoms with Gasteiger partial charge in [0.05, 0.1) is 6.61 Å². The third-order valence-electron chi connectivity index (χ3n) is 5.19. The van der Waals surface area contributed by atoms with E-state index in [1.54, 1.807) is 37.3 Å². The Morgan fingerprint density at radius 1 is 1.09 bits per heavy atom. The maximum atomic E-state index is 13.1. The number of hydrogen-bond donors (Lipinski definition) is 1. The molecule has 2 aliphatic heterocycles. The lowest BCUT2D eigenvalue weighted by atomic mass is 10.2. The summed E-state index contributed by atoms with van der Waals surface area (Å²) in [6.45, 7) is 4.12. The Morgan fingerprint density at radius 3 is 2.59 bits per heavy atom. The molecule has 1 saturated heterocycles. The van der Waals surface area contributed by atoms with Crippen LogP contribution in [-0.2, 0) is 14.8 Å². The minimum atomic E-state index is -3.70. The smallest absolute Gasteiger partial charge is 0.248 e. The van der Waals surface area contributed by atoms with Crippen molar-refractivity contribution in [3.05, 3.63) is 48.0 Å². The summed E-state index contributed by atoms with van der Waals surface area (Å²) in [6, 6.07) is 10.1. The quantitative estimate of drug-likeness (QED) is 0.640. The summed E-state index contributed by atoms with van der Waals surface area (Å²) in [5, 5.41) is 2.73. The summed E-state index contributed by atoms with van der Waals surface area (Å²) in [5.74, 6) is 1.22. The zero-order chi connectivity index (χ0) is 22.6. The van der Waals surface area contributed by atoms with Crippen molar-refractivity contribution < 1.29 is 27.4 Å². The van der Waals surface area contributed by atoms with Gasteiger partial charge in [-0.2, -0.15) is 4.31 Å². The lowest BCUT2D eigenvalue weighted by molar-refractivity contribution is -0.111. The molecule has 9 heteroatoms. The molecule has 2 aromatic rings. The number of fused-ring (bicyclic) bond motifs is 1. The van der Waals surface area contributed by atoms with Crippen molar-refractivity contribution in [2.45, 2.75) is 24.7 Å². The molecule has 32 heavy (non-hydrogen) atoms. The van der Waals surface area contributed by atoms with Crippen LogP contribution in [0.2, 0.25) is 0 Å². The van der Waals surface area contributed by atoms with Gasteiger partial charge in [-0.1, -0.05) is 6.07 Å². The number of rotatable bonds is 7. The number of ether oxygens (including phenoxy) is 3. The van der Waals surface area contributed by atoms with E-state index in [9.17, 15) is 13.2 Å². The molecule has 2 heterocycles. The van der Waals surface area contributed by atoms with Crippen LogP contribution in [0.25, 0.3) is 6.08 Å². The molecule has 0 aromatic heterocycles. The van der Waals surface area contributed by atoms with Gasteiger partial charge in [0.2, 0.25) is 15.9 Å². The van der Waals surface area contributed by atoms with Crippen LogP contribution in [-0.4, -0.2) is 51.5 Å². The number of nitrogens with one attached hydrogen (secondary N) is 1. The molecular formula is C23H26N2O6S. The Bertz CT molecular complexity index is 1120. The van der Waals surface area contributed by atoms with Crippen LogP contribution in [0.5, 0.6) is 17.2 Å². The van der Waals surface area contributed by atoms with E-state index in [4.69, 9.17) is 14.2 Å². The van der Waals surface area contributed by atoms with E-state index in [-0.39, 0.29) is 16.6 Å². The Kier molecular flexibility index (Phi) is 6.66. The zero-order valence-electron chi connectivity index (χ0n) is 17.9. The maximum Gasteiger partial charge on any atom is 0.248 e. The Balaban J connectivity index is 1.51. The third-order valence-corrected chi connectivity index (χ3v) is 7.11. The molecule has 0 bridgehead atoms. The van der Waals surface area contributed by atoms with Crippen molar-refractivity contribution in [3.8, 4) is 17.2 Å². The van der Waals surface area contributed by atoms with Crippen molar-refractivity contribution in [1.82, 2.24) is 4.31 Å². The summed E-state index contributed by atoms with van der Waals surface area (Å²) < 4.78 is 44.2. The molecule has 2 aromatic carbocycles. The number of carbonyl (C=O) groups is 1. The molecule has 0 atom stereocenters. The van der Waals surface area contributed by atoms with Crippen LogP contribution in [0.4, 0.5) is 5.69 Å². The largest absolute Gasteiger partial charge is 0.492 e. The van der Waals surface area contributed by atoms with Crippen LogP contribution < -0.4 is 19.5 Å². The number of nitrogens with zero attached hydrogens (tertiary/aromatic N) is 1. The van der Waals surface area contributed by atoms with E-state index < -0.39 is 10.0 Å². The van der Waals surface area contributed by atoms with Gasteiger partial charge in [0.25, 0.3) is 0 Å². The molecule has 0 radical (unpaired) electrons. The first-order valence-electron chi connectivity index (χ1n) is 10.6. The third kappa shape index (κ3) is 4.89. The number of benzene rings is 2. The van der Waals surface area contributed by atoms with E-state index in [2.05, 4.69) is 5.32 Å². The van der Waals surface area contributed by atoms with Gasteiger partial charge in [-0.3, -0.25) is 4.79 Å². The number of amides is 1. The lowest BCUT2D eigenvalue weighted by Gasteiger charge is -2.19. The number of hydrogen-bond acceptors (Lipinski definition) is 6. The minimum Gasteiger partial charge on any atom is -0.492 e. The minimum absolute atomic E-state index is 0.0647. The van der Waals surface area contributed by atoms with Crippen molar-refractivity contribution in [2.75, 3.05) is 38.2 Å². The van der Waals surface area contributed by atoms with Crippen molar-refractivity contribution in [2.24, 2.45) is 0 Å². The fourth-order valence-corrected chi connectivity index (χ4v) is 5.32. The Labute approximate surface area is 187 Å². The maximum absolute atomic E-state index is 13.1. The van der Waals surface area contributed by atoms with E-state index in [1.807, 2.05) is 6.07 Å². The Morgan fingerprint density at radius 2 is 1.84 bits per heavy atom. The molecule has 0 saturated carbocycles. The molecule has 0 unspecified atom stereocenters. The SMILES string of the molecule is CCOc1ccc(NC(=O)/C=C/c2ccc3c(c2)OCCO3)cc1S(=O)(=O)N1CCCC1. The average molecular weight is 459 g/mol. The Hall–Kier alpha value is -3.04. The van der Waals surface area contributed by atoms with Crippen molar-refractivity contribution >= 4 is 27.7 Å². The predicted octanol–water partition coefficient (Wildman–Crippen LogP) is 3.29. The molecule has 0 spiro atoms. The summed E-state index contributed by atoms with van der Waals surface area (Å²) in [5.41, 5.74) is 1.16. The summed E-state index contributed by atoms with van der Waals surface area (Å²) >= 11 is 0. The number of sulfonamides is 1. The summed E-state index contributed by atoms with van der Waals surface area (Å²) in [6.07, 6.45) is 4.72. The standard InChI is InChI=1S/C23H26N2O6S/c1-2-29-20-9-7-18(16-22(20)32(27,28)25-11-3-4-12-25)24-23(26)10-6-17-5-8-19-21(15-17)31-14-13-30-19/h5-10,15-16H,2-4,11-14H2,1H3,(H,24,26)/b10-6+. The second kappa shape index (κ2) is 9.62. The predicted molar refractivity (Wildman–Crippen MR) is 121 cm³/mol. The second-order valence-corrected chi connectivity index (χ2v) is 9.34. The molecular weight excluding hydrogens is 432 g/mol. The van der Waals surface area contributed by atoms with E-state index in [1.165, 1.54) is 16.4 Å². The van der Waals surface area contributed by atoms with Gasteiger partial charge >= 0.3 is 0 Å². The van der Waals surface area contributed by atoms with Crippen LogP contribution >= 0.6 is 0 Å². The van der Waals surface area contributed by atoms with Crippen LogP contribution in [0.3, 0.4) is 0 Å². The fourth-order valence-electron chi connectivity index (χ4n) is 3.65. The average Bonchev–Trinajstić information content (AvgIpc) is 3.35. The highest BCUT2D eigenvalue weighted by molar-refractivity contribution is 7.89. The van der Waals surface area contributed by atoms with Crippen LogP contribution in [0.1, 0.15) is 25.3 Å². The molecule has 8 nitrogen and oxygen atoms in total. The summed E-state index contributed by atoms with van der Waals surface area (Å²) in [4.78, 5) is 12.5. The molecule has 170 valence electrons. The van der Waals surface area contributed by atoms with Gasteiger partial charge in [0, 0.05) is 24.9 Å². The van der Waals surface area contributed by atoms with Crippen LogP contribution in [0, 0.1) is 0 Å². The highest BCUT2D eigenvalue weighted by atomic mass is 32.2. The van der Waals surface area contributed by atoms with Gasteiger partial charge < -0.3 is 19.5 Å². The molecule has 1 N–H and O–H groups in total. The first-order chi connectivity index (χ1) is 15.5. The van der Waals surface area contributed by atoms with Gasteiger partial charge in [0.15, 0.2) is 11.5 Å². The van der Waals surface area contributed by atoms with Crippen molar-refractivity contribution in [1.29, 1.82) is 0 Å². The molecule has 1 fully saturated rings. The monoisotopic (exact) mass is 458 g/mol. The van der Waals surface area contributed by atoms with Gasteiger partial charge in [-0.15, -0.1) is 0 Å². The lowest BCUT2D eigenvalue weighted by Crippen LogP contribution is -2.28. The van der Waals surface area contributed by atoms with Gasteiger partial charge in [-0.25, -0.2) is 8.42 Å². The molecule has 2 aliphatic rings. The normalized spacial score (nSPS) is 16.3. The summed E-state index contributed by atoms with van der Waals surface area (Å²) in [7, 11) is -3.70. The highest BCUT2D eigenvalue weighted by Crippen LogP contribution is 2.32. The number of anilines is 1. The van der Waals surface area contributed by atoms with E-state index in [0.717, 1.165) is 18.4 Å². The van der Waals surface area contributed by atoms with E-state index in [0.29, 0.717) is 50.1 Å². The van der Waals surface area contributed by atoms with Gasteiger partial charge in [-0.05, 0) is 61.7 Å².